The predicted molar refractivity (Wildman–Crippen MR) is 97.5 cm³/mol. The molecule has 4 rings (SSSR count). The number of carbonyl (C=O) groups excluding carboxylic acids is 1. The molecule has 2 N–H and O–H groups in total. The van der Waals surface area contributed by atoms with E-state index in [0.29, 0.717) is 19.1 Å². The van der Waals surface area contributed by atoms with Crippen LogP contribution in [0.2, 0.25) is 0 Å². The third kappa shape index (κ3) is 3.75. The van der Waals surface area contributed by atoms with E-state index in [1.165, 1.54) is 22.4 Å². The normalized spacial score (nSPS) is 20.6. The Morgan fingerprint density at radius 1 is 1.28 bits per heavy atom. The first-order chi connectivity index (χ1) is 12.3. The van der Waals surface area contributed by atoms with E-state index < -0.39 is 0 Å². The van der Waals surface area contributed by atoms with E-state index in [1.54, 1.807) is 17.6 Å². The predicted octanol–water partition coefficient (Wildman–Crippen LogP) is 2.32. The average Bonchev–Trinajstić information content (AvgIpc) is 3.30. The quantitative estimate of drug-likeness (QED) is 0.738. The molecule has 0 spiro atoms. The van der Waals surface area contributed by atoms with Crippen LogP contribution in [0.4, 0.5) is 0 Å². The van der Waals surface area contributed by atoms with Gasteiger partial charge in [-0.15, -0.1) is 11.3 Å². The molecule has 25 heavy (non-hydrogen) atoms. The lowest BCUT2D eigenvalue weighted by Crippen LogP contribution is -3.14. The van der Waals surface area contributed by atoms with Gasteiger partial charge in [-0.2, -0.15) is 0 Å². The summed E-state index contributed by atoms with van der Waals surface area (Å²) in [5.74, 6) is 0.851. The minimum Gasteiger partial charge on any atom is -0.467 e. The molecule has 0 saturated carbocycles. The number of hydrogen-bond donors (Lipinski definition) is 2. The minimum absolute atomic E-state index is 0.0689. The van der Waals surface area contributed by atoms with Gasteiger partial charge in [-0.05, 0) is 37.1 Å². The number of fused-ring (bicyclic) bond motifs is 1. The SMILES string of the molecule is O=C(C[NH+]1CCCC[C@@H]1c1nc2ccccc2s1)NCc1ccco1. The molecule has 0 bridgehead atoms. The summed E-state index contributed by atoms with van der Waals surface area (Å²) >= 11 is 1.77. The fourth-order valence-corrected chi connectivity index (χ4v) is 4.66. The maximum atomic E-state index is 12.4. The van der Waals surface area contributed by atoms with Gasteiger partial charge in [-0.25, -0.2) is 4.98 Å². The van der Waals surface area contributed by atoms with E-state index in [0.717, 1.165) is 29.3 Å². The van der Waals surface area contributed by atoms with Crippen LogP contribution in [0.3, 0.4) is 0 Å². The van der Waals surface area contributed by atoms with Gasteiger partial charge >= 0.3 is 0 Å². The van der Waals surface area contributed by atoms with Gasteiger partial charge in [-0.1, -0.05) is 12.1 Å². The highest BCUT2D eigenvalue weighted by atomic mass is 32.1. The van der Waals surface area contributed by atoms with E-state index in [-0.39, 0.29) is 5.91 Å². The number of nitrogens with one attached hydrogen (secondary N) is 2. The van der Waals surface area contributed by atoms with Gasteiger partial charge in [0, 0.05) is 6.42 Å². The fraction of sp³-hybridized carbons (Fsp3) is 0.368. The van der Waals surface area contributed by atoms with Crippen LogP contribution < -0.4 is 10.2 Å². The summed E-state index contributed by atoms with van der Waals surface area (Å²) in [7, 11) is 0. The van der Waals surface area contributed by atoms with Crippen molar-refractivity contribution in [1.29, 1.82) is 0 Å². The van der Waals surface area contributed by atoms with E-state index in [4.69, 9.17) is 9.40 Å². The lowest BCUT2D eigenvalue weighted by molar-refractivity contribution is -0.929. The highest BCUT2D eigenvalue weighted by Crippen LogP contribution is 2.28. The zero-order chi connectivity index (χ0) is 17.1. The Kier molecular flexibility index (Phi) is 4.81. The molecule has 0 radical (unpaired) electrons. The van der Waals surface area contributed by atoms with Crippen LogP contribution in [0, 0.1) is 0 Å². The topological polar surface area (TPSA) is 59.6 Å². The number of carbonyl (C=O) groups is 1. The molecule has 130 valence electrons. The molecular weight excluding hydrogens is 334 g/mol. The van der Waals surface area contributed by atoms with Crippen molar-refractivity contribution in [3.05, 3.63) is 53.4 Å². The molecule has 1 unspecified atom stereocenters. The summed E-state index contributed by atoms with van der Waals surface area (Å²) in [5.41, 5.74) is 1.06. The Bertz CT molecular complexity index is 810. The van der Waals surface area contributed by atoms with Crippen LogP contribution in [0.25, 0.3) is 10.2 Å². The third-order valence-corrected chi connectivity index (χ3v) is 5.92. The fourth-order valence-electron chi connectivity index (χ4n) is 3.50. The second kappa shape index (κ2) is 7.37. The lowest BCUT2D eigenvalue weighted by atomic mass is 10.0. The summed E-state index contributed by atoms with van der Waals surface area (Å²) in [5, 5.41) is 4.12. The van der Waals surface area contributed by atoms with E-state index >= 15 is 0 Å². The molecule has 6 heteroatoms. The van der Waals surface area contributed by atoms with Crippen molar-refractivity contribution in [1.82, 2.24) is 10.3 Å². The molecule has 1 aliphatic rings. The maximum absolute atomic E-state index is 12.4. The molecule has 0 aliphatic carbocycles. The molecule has 1 amide bonds. The van der Waals surface area contributed by atoms with Gasteiger partial charge in [-0.3, -0.25) is 4.79 Å². The number of rotatable bonds is 5. The number of furan rings is 1. The van der Waals surface area contributed by atoms with Crippen molar-refractivity contribution >= 4 is 27.5 Å². The molecule has 1 aromatic carbocycles. The zero-order valence-electron chi connectivity index (χ0n) is 14.0. The standard InChI is InChI=1S/C19H21N3O2S/c23-18(20-12-14-6-5-11-24-14)13-22-10-4-3-8-16(22)19-21-15-7-1-2-9-17(15)25-19/h1-2,5-7,9,11,16H,3-4,8,10,12-13H2,(H,20,23)/p+1/t16-/m1/s1. The van der Waals surface area contributed by atoms with Gasteiger partial charge < -0.3 is 14.6 Å². The molecule has 2 atom stereocenters. The summed E-state index contributed by atoms with van der Waals surface area (Å²) in [4.78, 5) is 18.5. The van der Waals surface area contributed by atoms with Crippen LogP contribution in [0.15, 0.2) is 47.1 Å². The van der Waals surface area contributed by atoms with Crippen molar-refractivity contribution in [3.8, 4) is 0 Å². The second-order valence-corrected chi connectivity index (χ2v) is 7.57. The summed E-state index contributed by atoms with van der Waals surface area (Å²) in [6.07, 6.45) is 5.10. The van der Waals surface area contributed by atoms with Crippen LogP contribution in [-0.4, -0.2) is 24.0 Å². The van der Waals surface area contributed by atoms with Gasteiger partial charge in [0.25, 0.3) is 5.91 Å². The van der Waals surface area contributed by atoms with Crippen LogP contribution in [-0.2, 0) is 11.3 Å². The molecule has 2 aromatic heterocycles. The van der Waals surface area contributed by atoms with E-state index in [2.05, 4.69) is 23.5 Å². The number of para-hydroxylation sites is 1. The monoisotopic (exact) mass is 356 g/mol. The van der Waals surface area contributed by atoms with Gasteiger partial charge in [0.2, 0.25) is 0 Å². The highest BCUT2D eigenvalue weighted by molar-refractivity contribution is 7.18. The number of quaternary nitrogens is 1. The first-order valence-electron chi connectivity index (χ1n) is 8.79. The summed E-state index contributed by atoms with van der Waals surface area (Å²) < 4.78 is 6.49. The average molecular weight is 356 g/mol. The first-order valence-corrected chi connectivity index (χ1v) is 9.60. The van der Waals surface area contributed by atoms with Gasteiger partial charge in [0.15, 0.2) is 11.6 Å². The van der Waals surface area contributed by atoms with Crippen molar-refractivity contribution in [2.75, 3.05) is 13.1 Å². The Balaban J connectivity index is 1.44. The summed E-state index contributed by atoms with van der Waals surface area (Å²) in [6.45, 7) is 1.96. The van der Waals surface area contributed by atoms with Crippen molar-refractivity contribution in [2.45, 2.75) is 31.8 Å². The molecule has 1 saturated heterocycles. The molecule has 3 aromatic rings. The number of nitrogens with zero attached hydrogens (tertiary/aromatic N) is 1. The number of hydrogen-bond acceptors (Lipinski definition) is 4. The Hall–Kier alpha value is -2.18. The Morgan fingerprint density at radius 3 is 3.04 bits per heavy atom. The molecular formula is C19H22N3O2S+. The Morgan fingerprint density at radius 2 is 2.20 bits per heavy atom. The van der Waals surface area contributed by atoms with Gasteiger partial charge in [0.1, 0.15) is 11.8 Å². The zero-order valence-corrected chi connectivity index (χ0v) is 14.8. The lowest BCUT2D eigenvalue weighted by Gasteiger charge is -2.30. The highest BCUT2D eigenvalue weighted by Gasteiger charge is 2.31. The number of benzene rings is 1. The number of piperidine rings is 1. The number of likely N-dealkylation sites (tertiary alicyclic amines) is 1. The van der Waals surface area contributed by atoms with Crippen LogP contribution >= 0.6 is 11.3 Å². The maximum Gasteiger partial charge on any atom is 0.275 e. The number of aromatic nitrogens is 1. The molecule has 3 heterocycles. The molecule has 1 fully saturated rings. The van der Waals surface area contributed by atoms with Crippen molar-refractivity contribution < 1.29 is 14.1 Å². The van der Waals surface area contributed by atoms with E-state index in [1.807, 2.05) is 18.2 Å². The second-order valence-electron chi connectivity index (χ2n) is 6.51. The Labute approximate surface area is 150 Å². The van der Waals surface area contributed by atoms with Crippen molar-refractivity contribution in [2.24, 2.45) is 0 Å². The van der Waals surface area contributed by atoms with Crippen LogP contribution in [0.5, 0.6) is 0 Å². The van der Waals surface area contributed by atoms with Crippen LogP contribution in [0.1, 0.15) is 36.1 Å². The first kappa shape index (κ1) is 16.3. The number of amides is 1. The minimum atomic E-state index is 0.0689. The van der Waals surface area contributed by atoms with Crippen molar-refractivity contribution in [3.63, 3.8) is 0 Å². The largest absolute Gasteiger partial charge is 0.467 e. The van der Waals surface area contributed by atoms with Gasteiger partial charge in [0.05, 0.1) is 29.6 Å². The third-order valence-electron chi connectivity index (χ3n) is 4.77. The van der Waals surface area contributed by atoms with E-state index in [9.17, 15) is 4.79 Å². The smallest absolute Gasteiger partial charge is 0.275 e. The molecule has 1 aliphatic heterocycles. The number of thiazole rings is 1. The molecule has 5 nitrogen and oxygen atoms in total. The summed E-state index contributed by atoms with van der Waals surface area (Å²) in [6, 6.07) is 12.3.